The molecule has 4 N–H and O–H groups in total. The Morgan fingerprint density at radius 3 is 2.33 bits per heavy atom. The molecule has 0 radical (unpaired) electrons. The van der Waals surface area contributed by atoms with Crippen LogP contribution in [0, 0.1) is 11.6 Å². The summed E-state index contributed by atoms with van der Waals surface area (Å²) in [5.41, 5.74) is -1.37. The summed E-state index contributed by atoms with van der Waals surface area (Å²) in [5.74, 6) is -2.97. The minimum atomic E-state index is -4.69. The van der Waals surface area contributed by atoms with Crippen molar-refractivity contribution in [3.8, 4) is 0 Å². The Bertz CT molecular complexity index is 2010. The molecule has 3 aromatic rings. The van der Waals surface area contributed by atoms with Crippen LogP contribution < -0.4 is 25.2 Å². The lowest BCUT2D eigenvalue weighted by atomic mass is 9.71. The quantitative estimate of drug-likeness (QED) is 0.110. The summed E-state index contributed by atoms with van der Waals surface area (Å²) < 4.78 is 82.2. The summed E-state index contributed by atoms with van der Waals surface area (Å²) in [6.45, 7) is 6.39. The maximum atomic E-state index is 15.4. The van der Waals surface area contributed by atoms with Gasteiger partial charge in [0.1, 0.15) is 23.0 Å². The number of fused-ring (bicyclic) bond motifs is 3. The van der Waals surface area contributed by atoms with Crippen LogP contribution in [0.15, 0.2) is 47.5 Å². The van der Waals surface area contributed by atoms with Crippen molar-refractivity contribution in [1.82, 2.24) is 24.9 Å². The van der Waals surface area contributed by atoms with Crippen molar-refractivity contribution >= 4 is 46.9 Å². The molecule has 1 saturated carbocycles. The van der Waals surface area contributed by atoms with E-state index in [1.165, 1.54) is 35.0 Å². The number of carbonyl (C=O) groups is 2. The van der Waals surface area contributed by atoms with Gasteiger partial charge in [-0.15, -0.1) is 0 Å². The van der Waals surface area contributed by atoms with E-state index in [1.54, 1.807) is 19.1 Å². The fourth-order valence-corrected chi connectivity index (χ4v) is 9.58. The van der Waals surface area contributed by atoms with Gasteiger partial charge in [-0.1, -0.05) is 6.07 Å². The largest absolute Gasteiger partial charge is 0.421 e. The molecule has 6 aliphatic rings. The number of aromatic nitrogens is 2. The number of nitrogens with one attached hydrogen (secondary N) is 3. The fourth-order valence-electron chi connectivity index (χ4n) is 8.68. The number of nitrogens with zero attached hydrogens (tertiary/aromatic N) is 5. The number of hydrogen-bond acceptors (Lipinski definition) is 12. The van der Waals surface area contributed by atoms with Gasteiger partial charge in [0, 0.05) is 74.6 Å². The molecule has 5 saturated heterocycles. The Balaban J connectivity index is 0.816. The Morgan fingerprint density at radius 1 is 0.948 bits per heavy atom. The van der Waals surface area contributed by atoms with Crippen molar-refractivity contribution in [2.24, 2.45) is 0 Å². The van der Waals surface area contributed by atoms with Crippen LogP contribution in [-0.2, 0) is 20.5 Å². The third kappa shape index (κ3) is 8.76. The second kappa shape index (κ2) is 15.8. The van der Waals surface area contributed by atoms with Crippen LogP contribution in [0.1, 0.15) is 75.3 Å². The van der Waals surface area contributed by atoms with Gasteiger partial charge in [0.2, 0.25) is 17.8 Å². The number of rotatable bonds is 10. The predicted molar refractivity (Wildman–Crippen MR) is 208 cm³/mol. The van der Waals surface area contributed by atoms with Gasteiger partial charge >= 0.3 is 6.18 Å². The summed E-state index contributed by atoms with van der Waals surface area (Å²) >= 11 is 1.32. The monoisotopic (exact) mass is 830 g/mol. The van der Waals surface area contributed by atoms with E-state index in [1.807, 2.05) is 6.07 Å². The lowest BCUT2D eigenvalue weighted by molar-refractivity contribution is -0.166. The van der Waals surface area contributed by atoms with Gasteiger partial charge in [-0.05, 0) is 94.1 Å². The third-order valence-corrected chi connectivity index (χ3v) is 13.4. The standard InChI is InChI=1S/C40H47F5N8O4S/c1-37(56)12-14-53(15-13-37)34-29(40(43,44)45)22-46-36(49-34)47-32-6-3-26(21-31(32)42)58-50-38-8-10-39(11-9-38,57-24-38)23-51-16-18-52(19-17-51)25-2-4-27(30(41)20-25)28-5-7-33(54)48-35(28)55/h2-4,6,20-22,28,50,56H,5,7-19,23-24H2,1H3,(H,46,47,49)(H,48,54,55). The van der Waals surface area contributed by atoms with Crippen molar-refractivity contribution in [2.75, 3.05) is 67.5 Å². The molecule has 312 valence electrons. The molecule has 1 unspecified atom stereocenters. The molecule has 1 atom stereocenters. The number of piperidine rings is 2. The maximum absolute atomic E-state index is 15.4. The number of benzene rings is 2. The molecule has 1 aliphatic carbocycles. The first kappa shape index (κ1) is 40.7. The first-order chi connectivity index (χ1) is 27.6. The summed E-state index contributed by atoms with van der Waals surface area (Å²) in [6.07, 6.45) is 0.606. The van der Waals surface area contributed by atoms with Gasteiger partial charge in [-0.25, -0.2) is 13.8 Å². The number of anilines is 4. The highest BCUT2D eigenvalue weighted by molar-refractivity contribution is 7.97. The number of ether oxygens (including phenoxy) is 1. The summed E-state index contributed by atoms with van der Waals surface area (Å²) in [4.78, 5) is 38.4. The number of alkyl halides is 3. The molecule has 9 rings (SSSR count). The molecule has 0 spiro atoms. The van der Waals surface area contributed by atoms with E-state index in [0.29, 0.717) is 29.7 Å². The van der Waals surface area contributed by atoms with Crippen LogP contribution in [0.5, 0.6) is 0 Å². The number of piperazine rings is 1. The average molecular weight is 831 g/mol. The lowest BCUT2D eigenvalue weighted by Crippen LogP contribution is -2.64. The van der Waals surface area contributed by atoms with E-state index in [-0.39, 0.29) is 66.9 Å². The smallest absolute Gasteiger partial charge is 0.390 e. The number of imide groups is 1. The highest BCUT2D eigenvalue weighted by Gasteiger charge is 2.50. The fraction of sp³-hybridized carbons (Fsp3) is 0.550. The number of halogens is 5. The topological polar surface area (TPSA) is 135 Å². The molecule has 6 fully saturated rings. The van der Waals surface area contributed by atoms with Crippen LogP contribution in [-0.4, -0.2) is 101 Å². The van der Waals surface area contributed by atoms with Gasteiger partial charge < -0.3 is 25.0 Å². The van der Waals surface area contributed by atoms with E-state index in [2.05, 4.69) is 35.1 Å². The maximum Gasteiger partial charge on any atom is 0.421 e. The molecule has 18 heteroatoms. The number of carbonyl (C=O) groups excluding carboxylic acids is 2. The third-order valence-electron chi connectivity index (χ3n) is 12.4. The SMILES string of the molecule is CC1(O)CCN(c2nc(Nc3ccc(SNC45CCC(CN6CCN(c7ccc(C8CCC(=O)NC8=O)c(F)c7)CC6)(CC4)OC5)cc3F)ncc2C(F)(F)F)CC1. The number of amides is 2. The van der Waals surface area contributed by atoms with Crippen LogP contribution >= 0.6 is 11.9 Å². The van der Waals surface area contributed by atoms with Crippen molar-refractivity contribution < 1.29 is 41.4 Å². The molecule has 58 heavy (non-hydrogen) atoms. The van der Waals surface area contributed by atoms with Crippen LogP contribution in [0.2, 0.25) is 0 Å². The highest BCUT2D eigenvalue weighted by Crippen LogP contribution is 2.46. The molecule has 12 nitrogen and oxygen atoms in total. The zero-order valence-electron chi connectivity index (χ0n) is 32.1. The van der Waals surface area contributed by atoms with E-state index < -0.39 is 40.8 Å². The van der Waals surface area contributed by atoms with Gasteiger partial charge in [0.05, 0.1) is 35.0 Å². The number of hydrogen-bond donors (Lipinski definition) is 4. The Hall–Kier alpha value is -4.10. The predicted octanol–water partition coefficient (Wildman–Crippen LogP) is 5.89. The van der Waals surface area contributed by atoms with Gasteiger partial charge in [-0.2, -0.15) is 18.2 Å². The van der Waals surface area contributed by atoms with Crippen molar-refractivity contribution in [2.45, 2.75) is 92.0 Å². The molecule has 6 heterocycles. The molecule has 1 aromatic heterocycles. The Labute approximate surface area is 337 Å². The Morgan fingerprint density at radius 2 is 1.69 bits per heavy atom. The van der Waals surface area contributed by atoms with E-state index >= 15 is 8.78 Å². The van der Waals surface area contributed by atoms with Gasteiger partial charge in [0.15, 0.2) is 0 Å². The lowest BCUT2D eigenvalue weighted by Gasteiger charge is -2.54. The zero-order valence-corrected chi connectivity index (χ0v) is 33.0. The van der Waals surface area contributed by atoms with Crippen LogP contribution in [0.4, 0.5) is 45.1 Å². The molecular weight excluding hydrogens is 784 g/mol. The zero-order chi connectivity index (χ0) is 40.9. The van der Waals surface area contributed by atoms with Crippen molar-refractivity contribution in [1.29, 1.82) is 0 Å². The normalized spacial score (nSPS) is 26.5. The first-order valence-electron chi connectivity index (χ1n) is 19.7. The second-order valence-corrected chi connectivity index (χ2v) is 17.5. The Kier molecular flexibility index (Phi) is 11.1. The highest BCUT2D eigenvalue weighted by atomic mass is 32.2. The molecule has 2 aromatic carbocycles. The second-order valence-electron chi connectivity index (χ2n) is 16.6. The summed E-state index contributed by atoms with van der Waals surface area (Å²) in [5, 5.41) is 15.3. The average Bonchev–Trinajstić information content (AvgIpc) is 3.19. The minimum absolute atomic E-state index is 0.0222. The summed E-state index contributed by atoms with van der Waals surface area (Å²) in [7, 11) is 0. The first-order valence-corrected chi connectivity index (χ1v) is 20.6. The molecule has 5 aliphatic heterocycles. The van der Waals surface area contributed by atoms with Gasteiger partial charge in [0.25, 0.3) is 0 Å². The molecule has 2 bridgehead atoms. The van der Waals surface area contributed by atoms with Crippen LogP contribution in [0.25, 0.3) is 0 Å². The minimum Gasteiger partial charge on any atom is -0.390 e. The van der Waals surface area contributed by atoms with Gasteiger partial charge in [-0.3, -0.25) is 24.5 Å². The summed E-state index contributed by atoms with van der Waals surface area (Å²) in [6, 6.07) is 9.58. The van der Waals surface area contributed by atoms with Crippen LogP contribution in [0.3, 0.4) is 0 Å². The van der Waals surface area contributed by atoms with Crippen molar-refractivity contribution in [3.63, 3.8) is 0 Å². The van der Waals surface area contributed by atoms with E-state index in [4.69, 9.17) is 4.74 Å². The number of aliphatic hydroxyl groups is 1. The van der Waals surface area contributed by atoms with Crippen molar-refractivity contribution in [3.05, 3.63) is 65.4 Å². The molecular formula is C40H47F5N8O4S. The van der Waals surface area contributed by atoms with E-state index in [0.717, 1.165) is 64.1 Å². The van der Waals surface area contributed by atoms with E-state index in [9.17, 15) is 27.9 Å². The molecule has 2 amide bonds.